The predicted octanol–water partition coefficient (Wildman–Crippen LogP) is 4.56. The molecule has 0 N–H and O–H groups in total. The number of hydrogen-bond acceptors (Lipinski definition) is 4. The van der Waals surface area contributed by atoms with Gasteiger partial charge in [-0.25, -0.2) is 4.98 Å². The summed E-state index contributed by atoms with van der Waals surface area (Å²) in [5.41, 5.74) is 4.52. The summed E-state index contributed by atoms with van der Waals surface area (Å²) in [6, 6.07) is 16.6. The molecular weight excluding hydrogens is 402 g/mol. The number of nitrogens with zero attached hydrogens (tertiary/aromatic N) is 3. The Morgan fingerprint density at radius 1 is 1.06 bits per heavy atom. The van der Waals surface area contributed by atoms with Crippen LogP contribution in [0.25, 0.3) is 11.1 Å². The second-order valence-electron chi connectivity index (χ2n) is 8.80. The van der Waals surface area contributed by atoms with Crippen molar-refractivity contribution < 1.29 is 14.0 Å². The molecule has 2 aromatic carbocycles. The summed E-state index contributed by atoms with van der Waals surface area (Å²) in [4.78, 5) is 33.1. The highest BCUT2D eigenvalue weighted by Crippen LogP contribution is 2.36. The van der Waals surface area contributed by atoms with Crippen LogP contribution in [-0.2, 0) is 4.79 Å². The molecule has 2 aliphatic heterocycles. The largest absolute Gasteiger partial charge is 0.441 e. The molecule has 2 saturated heterocycles. The summed E-state index contributed by atoms with van der Waals surface area (Å²) < 4.78 is 5.15. The molecule has 2 amide bonds. The van der Waals surface area contributed by atoms with Crippen LogP contribution < -0.4 is 4.90 Å². The van der Waals surface area contributed by atoms with Gasteiger partial charge in [0.25, 0.3) is 5.89 Å². The van der Waals surface area contributed by atoms with Gasteiger partial charge in [0, 0.05) is 31.7 Å². The van der Waals surface area contributed by atoms with E-state index < -0.39 is 0 Å². The maximum absolute atomic E-state index is 12.9. The number of benzene rings is 2. The molecule has 164 valence electrons. The predicted molar refractivity (Wildman–Crippen MR) is 122 cm³/mol. The minimum atomic E-state index is -0.148. The van der Waals surface area contributed by atoms with Gasteiger partial charge in [0.2, 0.25) is 5.91 Å². The Balaban J connectivity index is 1.25. The van der Waals surface area contributed by atoms with Crippen molar-refractivity contribution in [2.75, 3.05) is 24.5 Å². The molecule has 1 atom stereocenters. The first-order valence-electron chi connectivity index (χ1n) is 11.3. The monoisotopic (exact) mass is 429 g/mol. The number of rotatable bonds is 4. The number of piperidine rings is 1. The summed E-state index contributed by atoms with van der Waals surface area (Å²) in [5.74, 6) is 0.959. The zero-order valence-electron chi connectivity index (χ0n) is 18.2. The number of oxazole rings is 1. The molecule has 3 heterocycles. The molecule has 2 aliphatic rings. The molecule has 1 aromatic heterocycles. The minimum absolute atomic E-state index is 0.148. The third kappa shape index (κ3) is 3.93. The number of carbonyl (C=O) groups excluding carboxylic acids is 2. The van der Waals surface area contributed by atoms with Gasteiger partial charge in [-0.2, -0.15) is 0 Å². The van der Waals surface area contributed by atoms with Crippen LogP contribution >= 0.6 is 0 Å². The average molecular weight is 430 g/mol. The van der Waals surface area contributed by atoms with Crippen LogP contribution in [0.15, 0.2) is 65.4 Å². The van der Waals surface area contributed by atoms with Crippen LogP contribution in [0, 0.1) is 18.8 Å². The van der Waals surface area contributed by atoms with Crippen LogP contribution in [0.3, 0.4) is 0 Å². The zero-order chi connectivity index (χ0) is 22.1. The smallest absolute Gasteiger partial charge is 0.309 e. The van der Waals surface area contributed by atoms with Gasteiger partial charge in [0.1, 0.15) is 6.26 Å². The van der Waals surface area contributed by atoms with Crippen LogP contribution in [0.2, 0.25) is 0 Å². The molecule has 0 bridgehead atoms. The average Bonchev–Trinajstić information content (AvgIpc) is 3.49. The number of hydrogen-bond donors (Lipinski definition) is 0. The third-order valence-electron chi connectivity index (χ3n) is 6.88. The molecule has 6 heteroatoms. The second kappa shape index (κ2) is 8.61. The Kier molecular flexibility index (Phi) is 5.52. The molecule has 0 aliphatic carbocycles. The van der Waals surface area contributed by atoms with Gasteiger partial charge in [0.15, 0.2) is 0 Å². The number of amides is 2. The Labute approximate surface area is 187 Å². The number of carbonyl (C=O) groups is 2. The van der Waals surface area contributed by atoms with Gasteiger partial charge in [-0.1, -0.05) is 36.4 Å². The lowest BCUT2D eigenvalue weighted by Crippen LogP contribution is -2.40. The van der Waals surface area contributed by atoms with E-state index in [9.17, 15) is 9.59 Å². The molecule has 0 radical (unpaired) electrons. The summed E-state index contributed by atoms with van der Waals surface area (Å²) in [6.07, 6.45) is 5.30. The van der Waals surface area contributed by atoms with E-state index in [1.54, 1.807) is 0 Å². The molecule has 3 aromatic rings. The van der Waals surface area contributed by atoms with Crippen molar-refractivity contribution in [3.05, 3.63) is 72.4 Å². The van der Waals surface area contributed by atoms with Gasteiger partial charge < -0.3 is 14.2 Å². The van der Waals surface area contributed by atoms with E-state index in [-0.39, 0.29) is 17.7 Å². The van der Waals surface area contributed by atoms with Crippen molar-refractivity contribution in [1.82, 2.24) is 9.88 Å². The highest BCUT2D eigenvalue weighted by atomic mass is 16.4. The maximum Gasteiger partial charge on any atom is 0.309 e. The topological polar surface area (TPSA) is 66.7 Å². The van der Waals surface area contributed by atoms with Gasteiger partial charge in [-0.15, -0.1) is 0 Å². The van der Waals surface area contributed by atoms with Crippen molar-refractivity contribution in [3.8, 4) is 11.1 Å². The highest BCUT2D eigenvalue weighted by molar-refractivity contribution is 5.96. The van der Waals surface area contributed by atoms with Gasteiger partial charge >= 0.3 is 5.91 Å². The quantitative estimate of drug-likeness (QED) is 0.610. The lowest BCUT2D eigenvalue weighted by molar-refractivity contribution is -0.117. The Bertz CT molecular complexity index is 1120. The van der Waals surface area contributed by atoms with Crippen LogP contribution in [0.5, 0.6) is 0 Å². The number of anilines is 1. The first-order valence-corrected chi connectivity index (χ1v) is 11.3. The van der Waals surface area contributed by atoms with Crippen molar-refractivity contribution in [2.45, 2.75) is 26.2 Å². The fourth-order valence-electron chi connectivity index (χ4n) is 5.08. The van der Waals surface area contributed by atoms with Crippen molar-refractivity contribution in [2.24, 2.45) is 11.8 Å². The Hall–Kier alpha value is -3.41. The van der Waals surface area contributed by atoms with Crippen LogP contribution in [0.1, 0.15) is 35.5 Å². The summed E-state index contributed by atoms with van der Waals surface area (Å²) in [6.45, 7) is 4.21. The molecular formula is C26H27N3O3. The van der Waals surface area contributed by atoms with E-state index in [0.717, 1.165) is 30.6 Å². The molecule has 5 rings (SSSR count). The van der Waals surface area contributed by atoms with E-state index in [4.69, 9.17) is 4.42 Å². The second-order valence-corrected chi connectivity index (χ2v) is 8.80. The lowest BCUT2D eigenvalue weighted by atomic mass is 9.83. The number of aryl methyl sites for hydroxylation is 1. The standard InChI is InChI=1S/C26H27N3O3/c1-18-5-2-3-8-23(18)20-6-4-7-22(15-20)29-17-21(16-24(29)30)19-9-12-28(13-10-19)26(31)25-27-11-14-32-25/h2-8,11,14-15,19,21H,9-10,12-13,16-17H2,1H3. The minimum Gasteiger partial charge on any atom is -0.441 e. The molecule has 0 saturated carbocycles. The third-order valence-corrected chi connectivity index (χ3v) is 6.88. The fourth-order valence-corrected chi connectivity index (χ4v) is 5.08. The van der Waals surface area contributed by atoms with Crippen molar-refractivity contribution >= 4 is 17.5 Å². The van der Waals surface area contributed by atoms with Crippen LogP contribution in [0.4, 0.5) is 5.69 Å². The van der Waals surface area contributed by atoms with Gasteiger partial charge in [-0.3, -0.25) is 9.59 Å². The summed E-state index contributed by atoms with van der Waals surface area (Å²) in [7, 11) is 0. The van der Waals surface area contributed by atoms with Crippen LogP contribution in [-0.4, -0.2) is 41.3 Å². The van der Waals surface area contributed by atoms with E-state index >= 15 is 0 Å². The van der Waals surface area contributed by atoms with E-state index in [0.29, 0.717) is 31.3 Å². The first kappa shape index (κ1) is 20.5. The lowest BCUT2D eigenvalue weighted by Gasteiger charge is -2.34. The van der Waals surface area contributed by atoms with E-state index in [1.807, 2.05) is 34.1 Å². The van der Waals surface area contributed by atoms with Gasteiger partial charge in [-0.05, 0) is 60.4 Å². The SMILES string of the molecule is Cc1ccccc1-c1cccc(N2CC(C3CCN(C(=O)c4ncco4)CC3)CC2=O)c1. The first-order chi connectivity index (χ1) is 15.6. The molecule has 6 nitrogen and oxygen atoms in total. The van der Waals surface area contributed by atoms with E-state index in [1.165, 1.54) is 23.6 Å². The molecule has 32 heavy (non-hydrogen) atoms. The van der Waals surface area contributed by atoms with Crippen molar-refractivity contribution in [3.63, 3.8) is 0 Å². The number of aromatic nitrogens is 1. The highest BCUT2D eigenvalue weighted by Gasteiger charge is 2.38. The summed E-state index contributed by atoms with van der Waals surface area (Å²) in [5, 5.41) is 0. The fraction of sp³-hybridized carbons (Fsp3) is 0.346. The number of likely N-dealkylation sites (tertiary alicyclic amines) is 1. The molecule has 1 unspecified atom stereocenters. The zero-order valence-corrected chi connectivity index (χ0v) is 18.2. The Morgan fingerprint density at radius 3 is 2.62 bits per heavy atom. The summed E-state index contributed by atoms with van der Waals surface area (Å²) >= 11 is 0. The van der Waals surface area contributed by atoms with E-state index in [2.05, 4.69) is 36.2 Å². The normalized spacial score (nSPS) is 19.5. The van der Waals surface area contributed by atoms with Gasteiger partial charge in [0.05, 0.1) is 6.20 Å². The van der Waals surface area contributed by atoms with Crippen molar-refractivity contribution in [1.29, 1.82) is 0 Å². The molecule has 2 fully saturated rings. The molecule has 0 spiro atoms. The Morgan fingerprint density at radius 2 is 1.88 bits per heavy atom. The maximum atomic E-state index is 12.9.